The Morgan fingerprint density at radius 3 is 2.40 bits per heavy atom. The summed E-state index contributed by atoms with van der Waals surface area (Å²) in [5.74, 6) is 0. The number of alkyl halides is 1. The molecule has 0 bridgehead atoms. The van der Waals surface area contributed by atoms with Crippen molar-refractivity contribution in [1.29, 1.82) is 0 Å². The summed E-state index contributed by atoms with van der Waals surface area (Å²) in [6, 6.07) is 10.0. The predicted molar refractivity (Wildman–Crippen MR) is 135 cm³/mol. The second-order valence-electron chi connectivity index (χ2n) is 7.19. The number of benzene rings is 1. The van der Waals surface area contributed by atoms with E-state index in [0.717, 1.165) is 46.5 Å². The summed E-state index contributed by atoms with van der Waals surface area (Å²) in [5.41, 5.74) is 5.55. The number of hydrogen-bond acceptors (Lipinski definition) is 2. The smallest absolute Gasteiger partial charge is 0.102 e. The Balaban J connectivity index is 2.20. The average molecular weight is 459 g/mol. The number of rotatable bonds is 8. The van der Waals surface area contributed by atoms with E-state index in [4.69, 9.17) is 9.98 Å². The molecule has 0 spiro atoms. The molecular formula is C27H27BrN2. The summed E-state index contributed by atoms with van der Waals surface area (Å²) in [6.07, 6.45) is 15.8. The van der Waals surface area contributed by atoms with E-state index in [-0.39, 0.29) is 12.1 Å². The van der Waals surface area contributed by atoms with Crippen LogP contribution in [0.2, 0.25) is 0 Å². The average Bonchev–Trinajstić information content (AvgIpc) is 2.79. The molecule has 1 aromatic rings. The molecule has 1 heterocycles. The maximum Gasteiger partial charge on any atom is 0.102 e. The van der Waals surface area contributed by atoms with Gasteiger partial charge in [0.25, 0.3) is 0 Å². The monoisotopic (exact) mass is 458 g/mol. The van der Waals surface area contributed by atoms with Crippen LogP contribution < -0.4 is 0 Å². The van der Waals surface area contributed by atoms with Crippen molar-refractivity contribution in [3.8, 4) is 0 Å². The first-order valence-electron chi connectivity index (χ1n) is 10.1. The first-order valence-corrected chi connectivity index (χ1v) is 11.0. The molecule has 2 nitrogen and oxygen atoms in total. The Labute approximate surface area is 188 Å². The molecule has 0 fully saturated rings. The van der Waals surface area contributed by atoms with Crippen molar-refractivity contribution in [1.82, 2.24) is 0 Å². The minimum atomic E-state index is -0.138. The van der Waals surface area contributed by atoms with Gasteiger partial charge >= 0.3 is 0 Å². The predicted octanol–water partition coefficient (Wildman–Crippen LogP) is 7.07. The number of allylic oxidation sites excluding steroid dienone is 8. The molecule has 152 valence electrons. The van der Waals surface area contributed by atoms with Gasteiger partial charge in [0, 0.05) is 4.83 Å². The van der Waals surface area contributed by atoms with Crippen LogP contribution >= 0.6 is 15.9 Å². The fourth-order valence-electron chi connectivity index (χ4n) is 3.60. The molecule has 1 aliphatic carbocycles. The fraction of sp³-hybridized carbons (Fsp3) is 0.185. The maximum atomic E-state index is 5.24. The summed E-state index contributed by atoms with van der Waals surface area (Å²) in [5, 5.41) is 0. The van der Waals surface area contributed by atoms with Crippen molar-refractivity contribution in [2.75, 3.05) is 0 Å². The van der Waals surface area contributed by atoms with Gasteiger partial charge in [-0.25, -0.2) is 0 Å². The Kier molecular flexibility index (Phi) is 7.53. The fourth-order valence-corrected chi connectivity index (χ4v) is 4.12. The summed E-state index contributed by atoms with van der Waals surface area (Å²) in [4.78, 5) is 10.7. The van der Waals surface area contributed by atoms with Gasteiger partial charge in [0.2, 0.25) is 0 Å². The SMILES string of the molecule is C=CC/C=C(\C=C)C1=N[C@@H](C2=CC(Br)CC=C2)C(c2ccccc2)N=C1C(=C)C=C. The van der Waals surface area contributed by atoms with Crippen molar-refractivity contribution in [2.45, 2.75) is 29.8 Å². The van der Waals surface area contributed by atoms with Gasteiger partial charge in [-0.2, -0.15) is 0 Å². The van der Waals surface area contributed by atoms with Crippen LogP contribution in [0.15, 0.2) is 126 Å². The minimum Gasteiger partial charge on any atom is -0.272 e. The van der Waals surface area contributed by atoms with Gasteiger partial charge < -0.3 is 0 Å². The Hall–Kier alpha value is -2.78. The van der Waals surface area contributed by atoms with E-state index < -0.39 is 0 Å². The van der Waals surface area contributed by atoms with Gasteiger partial charge in [0.1, 0.15) is 12.1 Å². The third-order valence-corrected chi connectivity index (χ3v) is 5.77. The largest absolute Gasteiger partial charge is 0.272 e. The van der Waals surface area contributed by atoms with Crippen molar-refractivity contribution < 1.29 is 0 Å². The lowest BCUT2D eigenvalue weighted by Crippen LogP contribution is -2.31. The van der Waals surface area contributed by atoms with E-state index in [1.165, 1.54) is 0 Å². The highest BCUT2D eigenvalue weighted by Crippen LogP contribution is 2.36. The molecule has 3 heteroatoms. The highest BCUT2D eigenvalue weighted by molar-refractivity contribution is 9.09. The van der Waals surface area contributed by atoms with Crippen LogP contribution in [-0.4, -0.2) is 22.3 Å². The molecule has 0 amide bonds. The van der Waals surface area contributed by atoms with Crippen LogP contribution in [0.4, 0.5) is 0 Å². The van der Waals surface area contributed by atoms with Crippen molar-refractivity contribution in [3.05, 3.63) is 121 Å². The number of nitrogens with zero attached hydrogens (tertiary/aromatic N) is 2. The molecule has 3 rings (SSSR count). The van der Waals surface area contributed by atoms with E-state index in [1.54, 1.807) is 6.08 Å². The van der Waals surface area contributed by atoms with E-state index in [2.05, 4.69) is 78.7 Å². The summed E-state index contributed by atoms with van der Waals surface area (Å²) in [6.45, 7) is 15.9. The number of halogens is 1. The van der Waals surface area contributed by atoms with Crippen molar-refractivity contribution in [2.24, 2.45) is 9.98 Å². The standard InChI is InChI=1S/C27H27BrN2/c1-5-8-13-20(7-3)25-24(19(4)6-2)29-26(21-14-10-9-11-15-21)27(30-25)22-16-12-17-23(28)18-22/h5-7,9-16,18,23,26-27H,1-4,8,17H2/b20-13+/t23?,26?,27-/m0/s1. The molecule has 0 saturated carbocycles. The van der Waals surface area contributed by atoms with Crippen LogP contribution in [-0.2, 0) is 0 Å². The molecule has 3 atom stereocenters. The van der Waals surface area contributed by atoms with Crippen LogP contribution in [0.1, 0.15) is 24.4 Å². The zero-order chi connectivity index (χ0) is 21.5. The Bertz CT molecular complexity index is 989. The Morgan fingerprint density at radius 1 is 1.03 bits per heavy atom. The second kappa shape index (κ2) is 10.3. The van der Waals surface area contributed by atoms with Crippen LogP contribution in [0.5, 0.6) is 0 Å². The van der Waals surface area contributed by atoms with Gasteiger partial charge in [-0.3, -0.25) is 9.98 Å². The van der Waals surface area contributed by atoms with E-state index in [9.17, 15) is 0 Å². The zero-order valence-corrected chi connectivity index (χ0v) is 18.8. The maximum absolute atomic E-state index is 5.24. The first-order chi connectivity index (χ1) is 14.6. The molecule has 30 heavy (non-hydrogen) atoms. The highest BCUT2D eigenvalue weighted by atomic mass is 79.9. The van der Waals surface area contributed by atoms with E-state index in [1.807, 2.05) is 30.4 Å². The molecule has 1 aliphatic heterocycles. The molecule has 0 saturated heterocycles. The lowest BCUT2D eigenvalue weighted by Gasteiger charge is -2.31. The number of hydrogen-bond donors (Lipinski definition) is 0. The van der Waals surface area contributed by atoms with Gasteiger partial charge in [0.15, 0.2) is 0 Å². The summed E-state index contributed by atoms with van der Waals surface area (Å²) < 4.78 is 0. The summed E-state index contributed by atoms with van der Waals surface area (Å²) in [7, 11) is 0. The molecular weight excluding hydrogens is 432 g/mol. The third-order valence-electron chi connectivity index (χ3n) is 5.14. The zero-order valence-electron chi connectivity index (χ0n) is 17.2. The number of aliphatic imine (C=N–C) groups is 2. The van der Waals surface area contributed by atoms with Gasteiger partial charge in [0.05, 0.1) is 11.4 Å². The van der Waals surface area contributed by atoms with Crippen LogP contribution in [0.25, 0.3) is 0 Å². The molecule has 0 radical (unpaired) electrons. The van der Waals surface area contributed by atoms with E-state index >= 15 is 0 Å². The topological polar surface area (TPSA) is 24.7 Å². The molecule has 2 unspecified atom stereocenters. The first kappa shape index (κ1) is 21.9. The quantitative estimate of drug-likeness (QED) is 0.226. The summed E-state index contributed by atoms with van der Waals surface area (Å²) >= 11 is 3.73. The molecule has 1 aromatic carbocycles. The molecule has 0 N–H and O–H groups in total. The van der Waals surface area contributed by atoms with Gasteiger partial charge in [-0.15, -0.1) is 6.58 Å². The van der Waals surface area contributed by atoms with Crippen LogP contribution in [0.3, 0.4) is 0 Å². The third kappa shape index (κ3) is 4.85. The van der Waals surface area contributed by atoms with Crippen molar-refractivity contribution in [3.63, 3.8) is 0 Å². The highest BCUT2D eigenvalue weighted by Gasteiger charge is 2.32. The Morgan fingerprint density at radius 2 is 1.77 bits per heavy atom. The lowest BCUT2D eigenvalue weighted by molar-refractivity contribution is 0.614. The van der Waals surface area contributed by atoms with Gasteiger partial charge in [-0.05, 0) is 35.1 Å². The second-order valence-corrected chi connectivity index (χ2v) is 8.37. The molecule has 0 aromatic heterocycles. The van der Waals surface area contributed by atoms with Gasteiger partial charge in [-0.1, -0.05) is 109 Å². The normalized spacial score (nSPS) is 23.7. The molecule has 2 aliphatic rings. The lowest BCUT2D eigenvalue weighted by atomic mass is 9.87. The van der Waals surface area contributed by atoms with Crippen LogP contribution in [0, 0.1) is 0 Å². The van der Waals surface area contributed by atoms with E-state index in [0.29, 0.717) is 4.83 Å². The van der Waals surface area contributed by atoms with Crippen molar-refractivity contribution >= 4 is 27.4 Å². The minimum absolute atomic E-state index is 0.132.